The number of nitrogens with zero attached hydrogens (tertiary/aromatic N) is 2. The van der Waals surface area contributed by atoms with Crippen LogP contribution in [0.4, 0.5) is 0 Å². The third-order valence-electron chi connectivity index (χ3n) is 2.22. The second kappa shape index (κ2) is 4.33. The maximum Gasteiger partial charge on any atom is 0.133 e. The Morgan fingerprint density at radius 3 is 2.77 bits per heavy atom. The summed E-state index contributed by atoms with van der Waals surface area (Å²) >= 11 is 0. The molecule has 3 nitrogen and oxygen atoms in total. The third-order valence-corrected chi connectivity index (χ3v) is 2.22. The first-order valence-corrected chi connectivity index (χ1v) is 4.62. The van der Waals surface area contributed by atoms with Gasteiger partial charge in [-0.05, 0) is 19.4 Å². The van der Waals surface area contributed by atoms with Gasteiger partial charge < -0.3 is 5.11 Å². The van der Waals surface area contributed by atoms with Gasteiger partial charge in [0.2, 0.25) is 0 Å². The highest BCUT2D eigenvalue weighted by Gasteiger charge is 2.16. The van der Waals surface area contributed by atoms with Gasteiger partial charge in [0.1, 0.15) is 5.82 Å². The quantitative estimate of drug-likeness (QED) is 0.769. The highest BCUT2D eigenvalue weighted by molar-refractivity contribution is 5.04. The smallest absolute Gasteiger partial charge is 0.133 e. The summed E-state index contributed by atoms with van der Waals surface area (Å²) in [6.45, 7) is 5.83. The fraction of sp³-hybridized carbons (Fsp3) is 0.600. The number of aromatic nitrogens is 2. The Balaban J connectivity index is 2.82. The van der Waals surface area contributed by atoms with Crippen LogP contribution in [0.5, 0.6) is 0 Å². The lowest BCUT2D eigenvalue weighted by molar-refractivity contribution is 0.142. The Morgan fingerprint density at radius 2 is 2.23 bits per heavy atom. The van der Waals surface area contributed by atoms with Crippen molar-refractivity contribution in [3.05, 3.63) is 23.8 Å². The maximum absolute atomic E-state index is 9.59. The molecule has 0 spiro atoms. The van der Waals surface area contributed by atoms with Crippen LogP contribution in [0.2, 0.25) is 0 Å². The van der Waals surface area contributed by atoms with Crippen LogP contribution in [0.15, 0.2) is 12.3 Å². The summed E-state index contributed by atoms with van der Waals surface area (Å²) in [6, 6.07) is 1.86. The molecule has 1 aromatic heterocycles. The van der Waals surface area contributed by atoms with Crippen molar-refractivity contribution in [2.24, 2.45) is 0 Å². The zero-order valence-electron chi connectivity index (χ0n) is 8.36. The standard InChI is InChI=1S/C10H16N2O/c1-4-9(13)8(3)10-11-6-5-7(2)12-10/h5-6,8-9,13H,4H2,1-3H3. The lowest BCUT2D eigenvalue weighted by atomic mass is 10.0. The molecule has 0 aliphatic carbocycles. The zero-order valence-corrected chi connectivity index (χ0v) is 8.36. The number of aliphatic hydroxyl groups is 1. The topological polar surface area (TPSA) is 46.0 Å². The van der Waals surface area contributed by atoms with Crippen LogP contribution >= 0.6 is 0 Å². The summed E-state index contributed by atoms with van der Waals surface area (Å²) in [5.74, 6) is 0.749. The van der Waals surface area contributed by atoms with Crippen LogP contribution in [0.3, 0.4) is 0 Å². The lowest BCUT2D eigenvalue weighted by Gasteiger charge is -2.15. The van der Waals surface area contributed by atoms with Gasteiger partial charge in [-0.3, -0.25) is 0 Å². The van der Waals surface area contributed by atoms with Crippen molar-refractivity contribution in [1.29, 1.82) is 0 Å². The van der Waals surface area contributed by atoms with Crippen molar-refractivity contribution in [3.63, 3.8) is 0 Å². The van der Waals surface area contributed by atoms with Crippen molar-refractivity contribution in [1.82, 2.24) is 9.97 Å². The first-order valence-electron chi connectivity index (χ1n) is 4.62. The van der Waals surface area contributed by atoms with Crippen molar-refractivity contribution >= 4 is 0 Å². The van der Waals surface area contributed by atoms with Gasteiger partial charge in [0.15, 0.2) is 0 Å². The molecular formula is C10H16N2O. The summed E-state index contributed by atoms with van der Waals surface area (Å²) in [5.41, 5.74) is 0.945. The number of aliphatic hydroxyl groups excluding tert-OH is 1. The van der Waals surface area contributed by atoms with Gasteiger partial charge in [0, 0.05) is 17.8 Å². The van der Waals surface area contributed by atoms with E-state index in [9.17, 15) is 5.11 Å². The van der Waals surface area contributed by atoms with Crippen LogP contribution in [0.1, 0.15) is 37.7 Å². The summed E-state index contributed by atoms with van der Waals surface area (Å²) in [7, 11) is 0. The Kier molecular flexibility index (Phi) is 3.37. The Morgan fingerprint density at radius 1 is 1.54 bits per heavy atom. The van der Waals surface area contributed by atoms with Crippen molar-refractivity contribution in [2.45, 2.75) is 39.2 Å². The van der Waals surface area contributed by atoms with E-state index in [0.717, 1.165) is 17.9 Å². The van der Waals surface area contributed by atoms with Gasteiger partial charge >= 0.3 is 0 Å². The molecule has 0 bridgehead atoms. The molecule has 1 N–H and O–H groups in total. The van der Waals surface area contributed by atoms with E-state index >= 15 is 0 Å². The fourth-order valence-electron chi connectivity index (χ4n) is 1.21. The normalized spacial score (nSPS) is 15.4. The van der Waals surface area contributed by atoms with Gasteiger partial charge in [0.05, 0.1) is 6.10 Å². The molecule has 3 heteroatoms. The van der Waals surface area contributed by atoms with E-state index in [1.54, 1.807) is 6.20 Å². The SMILES string of the molecule is CCC(O)C(C)c1nccc(C)n1. The van der Waals surface area contributed by atoms with E-state index in [4.69, 9.17) is 0 Å². The van der Waals surface area contributed by atoms with Crippen molar-refractivity contribution in [2.75, 3.05) is 0 Å². The van der Waals surface area contributed by atoms with E-state index in [2.05, 4.69) is 9.97 Å². The van der Waals surface area contributed by atoms with Gasteiger partial charge in [0.25, 0.3) is 0 Å². The second-order valence-corrected chi connectivity index (χ2v) is 3.32. The molecule has 72 valence electrons. The molecule has 0 aromatic carbocycles. The molecule has 0 aliphatic rings. The van der Waals surface area contributed by atoms with Crippen LogP contribution in [-0.2, 0) is 0 Å². The monoisotopic (exact) mass is 180 g/mol. The van der Waals surface area contributed by atoms with Gasteiger partial charge in [-0.1, -0.05) is 13.8 Å². The van der Waals surface area contributed by atoms with Gasteiger partial charge in [-0.15, -0.1) is 0 Å². The van der Waals surface area contributed by atoms with Crippen molar-refractivity contribution < 1.29 is 5.11 Å². The van der Waals surface area contributed by atoms with E-state index in [0.29, 0.717) is 0 Å². The largest absolute Gasteiger partial charge is 0.392 e. The molecule has 1 rings (SSSR count). The molecule has 0 saturated carbocycles. The van der Waals surface area contributed by atoms with Crippen molar-refractivity contribution in [3.8, 4) is 0 Å². The molecule has 0 saturated heterocycles. The number of hydrogen-bond acceptors (Lipinski definition) is 3. The summed E-state index contributed by atoms with van der Waals surface area (Å²) in [5, 5.41) is 9.59. The molecule has 0 fully saturated rings. The van der Waals surface area contributed by atoms with Crippen LogP contribution in [0, 0.1) is 6.92 Å². The number of aryl methyl sites for hydroxylation is 1. The van der Waals surface area contributed by atoms with Crippen LogP contribution in [0.25, 0.3) is 0 Å². The molecule has 1 aromatic rings. The van der Waals surface area contributed by atoms with Gasteiger partial charge in [-0.25, -0.2) is 9.97 Å². The van der Waals surface area contributed by atoms with E-state index in [1.807, 2.05) is 26.8 Å². The highest BCUT2D eigenvalue weighted by atomic mass is 16.3. The molecular weight excluding hydrogens is 164 g/mol. The first kappa shape index (κ1) is 10.1. The molecule has 2 atom stereocenters. The summed E-state index contributed by atoms with van der Waals surface area (Å²) in [6.07, 6.45) is 2.12. The number of rotatable bonds is 3. The predicted octanol–water partition coefficient (Wildman–Crippen LogP) is 1.66. The number of hydrogen-bond donors (Lipinski definition) is 1. The third kappa shape index (κ3) is 2.49. The molecule has 0 radical (unpaired) electrons. The molecule has 1 heterocycles. The lowest BCUT2D eigenvalue weighted by Crippen LogP contribution is -2.17. The predicted molar refractivity (Wildman–Crippen MR) is 51.5 cm³/mol. The maximum atomic E-state index is 9.59. The summed E-state index contributed by atoms with van der Waals surface area (Å²) < 4.78 is 0. The van der Waals surface area contributed by atoms with E-state index < -0.39 is 0 Å². The summed E-state index contributed by atoms with van der Waals surface area (Å²) in [4.78, 5) is 8.41. The molecule has 0 aliphatic heterocycles. The molecule has 13 heavy (non-hydrogen) atoms. The molecule has 0 amide bonds. The highest BCUT2D eigenvalue weighted by Crippen LogP contribution is 2.16. The Hall–Kier alpha value is -0.960. The minimum absolute atomic E-state index is 0.0184. The van der Waals surface area contributed by atoms with Crippen LogP contribution in [-0.4, -0.2) is 21.2 Å². The minimum Gasteiger partial charge on any atom is -0.392 e. The fourth-order valence-corrected chi connectivity index (χ4v) is 1.21. The Labute approximate surface area is 78.9 Å². The van der Waals surface area contributed by atoms with E-state index in [1.165, 1.54) is 0 Å². The second-order valence-electron chi connectivity index (χ2n) is 3.32. The molecule has 2 unspecified atom stereocenters. The zero-order chi connectivity index (χ0) is 9.84. The van der Waals surface area contributed by atoms with Gasteiger partial charge in [-0.2, -0.15) is 0 Å². The van der Waals surface area contributed by atoms with E-state index in [-0.39, 0.29) is 12.0 Å². The Bertz CT molecular complexity index is 275. The average molecular weight is 180 g/mol. The minimum atomic E-state index is -0.346. The average Bonchev–Trinajstić information content (AvgIpc) is 2.15. The first-order chi connectivity index (χ1) is 6.15. The van der Waals surface area contributed by atoms with Crippen LogP contribution < -0.4 is 0 Å².